The minimum atomic E-state index is -0.760. The predicted molar refractivity (Wildman–Crippen MR) is 174 cm³/mol. The number of likely N-dealkylation sites (tertiary alicyclic amines) is 1. The predicted octanol–water partition coefficient (Wildman–Crippen LogP) is 4.55. The van der Waals surface area contributed by atoms with E-state index in [1.54, 1.807) is 17.3 Å². The van der Waals surface area contributed by atoms with Gasteiger partial charge in [0.2, 0.25) is 5.91 Å². The number of hydrogen-bond donors (Lipinski definition) is 1. The fraction of sp³-hybridized carbons (Fsp3) is 0.765. The average molecular weight is 661 g/mol. The van der Waals surface area contributed by atoms with Crippen LogP contribution in [0.5, 0.6) is 0 Å². The number of amides is 2. The first kappa shape index (κ1) is 36.0. The Kier molecular flexibility index (Phi) is 11.3. The molecule has 2 heterocycles. The summed E-state index contributed by atoms with van der Waals surface area (Å²) < 4.78 is 10.6. The van der Waals surface area contributed by atoms with Crippen molar-refractivity contribution in [2.24, 2.45) is 23.2 Å². The number of carbonyl (C=O) groups is 5. The highest BCUT2D eigenvalue weighted by molar-refractivity contribution is 7.09. The molecular formula is C34H52N4O7S. The average Bonchev–Trinajstić information content (AvgIpc) is 3.48. The summed E-state index contributed by atoms with van der Waals surface area (Å²) in [7, 11) is 5.14. The van der Waals surface area contributed by atoms with Crippen LogP contribution in [0.15, 0.2) is 5.38 Å². The molecule has 1 aromatic rings. The zero-order valence-electron chi connectivity index (χ0n) is 28.7. The van der Waals surface area contributed by atoms with Gasteiger partial charge in [-0.15, -0.1) is 11.3 Å². The van der Waals surface area contributed by atoms with Crippen LogP contribution in [0, 0.1) is 23.2 Å². The van der Waals surface area contributed by atoms with Crippen molar-refractivity contribution in [3.8, 4) is 0 Å². The zero-order chi connectivity index (χ0) is 34.0. The lowest BCUT2D eigenvalue weighted by Crippen LogP contribution is -2.77. The molecule has 5 rings (SSSR count). The van der Waals surface area contributed by atoms with Crippen LogP contribution >= 0.6 is 11.3 Å². The van der Waals surface area contributed by atoms with Gasteiger partial charge in [0.1, 0.15) is 10.7 Å². The quantitative estimate of drug-likeness (QED) is 0.269. The molecule has 12 heteroatoms. The smallest absolute Gasteiger partial charge is 0.312 e. The van der Waals surface area contributed by atoms with Crippen molar-refractivity contribution >= 4 is 40.9 Å². The van der Waals surface area contributed by atoms with Crippen molar-refractivity contribution in [1.82, 2.24) is 20.1 Å². The van der Waals surface area contributed by atoms with Crippen LogP contribution in [0.4, 0.5) is 0 Å². The van der Waals surface area contributed by atoms with E-state index < -0.39 is 28.9 Å². The summed E-state index contributed by atoms with van der Waals surface area (Å²) in [5.41, 5.74) is -0.656. The highest BCUT2D eigenvalue weighted by Crippen LogP contribution is 2.67. The number of piperidine rings is 1. The Labute approximate surface area is 277 Å². The summed E-state index contributed by atoms with van der Waals surface area (Å²) in [6, 6.07) is -0.458. The molecule has 1 aliphatic heterocycles. The van der Waals surface area contributed by atoms with Crippen LogP contribution < -0.4 is 5.32 Å². The van der Waals surface area contributed by atoms with Gasteiger partial charge in [0, 0.05) is 49.7 Å². The zero-order valence-corrected chi connectivity index (χ0v) is 29.5. The van der Waals surface area contributed by atoms with E-state index in [0.717, 1.165) is 32.2 Å². The second-order valence-electron chi connectivity index (χ2n) is 14.4. The van der Waals surface area contributed by atoms with Crippen molar-refractivity contribution in [2.75, 3.05) is 27.7 Å². The van der Waals surface area contributed by atoms with Gasteiger partial charge < -0.3 is 19.7 Å². The van der Waals surface area contributed by atoms with Gasteiger partial charge in [0.15, 0.2) is 11.9 Å². The molecule has 2 bridgehead atoms. The molecule has 0 spiro atoms. The van der Waals surface area contributed by atoms with Gasteiger partial charge in [-0.05, 0) is 57.5 Å². The molecule has 46 heavy (non-hydrogen) atoms. The number of thiazole rings is 1. The second kappa shape index (κ2) is 14.5. The number of nitrogens with zero attached hydrogens (tertiary/aromatic N) is 3. The summed E-state index contributed by atoms with van der Waals surface area (Å²) in [4.78, 5) is 73.4. The van der Waals surface area contributed by atoms with E-state index in [1.807, 2.05) is 34.7 Å². The van der Waals surface area contributed by atoms with Crippen LogP contribution in [0.25, 0.3) is 0 Å². The molecule has 1 N–H and O–H groups in total. The summed E-state index contributed by atoms with van der Waals surface area (Å²) >= 11 is 1.24. The molecule has 1 aromatic heterocycles. The Morgan fingerprint density at radius 3 is 2.39 bits per heavy atom. The monoisotopic (exact) mass is 660 g/mol. The lowest BCUT2D eigenvalue weighted by atomic mass is 9.39. The van der Waals surface area contributed by atoms with Crippen molar-refractivity contribution in [3.05, 3.63) is 16.1 Å². The molecule has 11 nitrogen and oxygen atoms in total. The summed E-state index contributed by atoms with van der Waals surface area (Å²) in [6.07, 6.45) is 5.12. The molecule has 2 amide bonds. The third-order valence-corrected chi connectivity index (χ3v) is 11.6. The number of Topliss-reactive ketones (excluding diaryl/α,β-unsaturated/α-hetero) is 1. The fourth-order valence-corrected chi connectivity index (χ4v) is 8.61. The molecule has 4 aliphatic rings. The number of ether oxygens (including phenoxy) is 2. The van der Waals surface area contributed by atoms with Gasteiger partial charge in [0.25, 0.3) is 5.91 Å². The molecular weight excluding hydrogens is 608 g/mol. The van der Waals surface area contributed by atoms with Crippen LogP contribution in [0.2, 0.25) is 0 Å². The molecule has 1 saturated heterocycles. The Hall–Kier alpha value is -2.86. The molecule has 5 atom stereocenters. The lowest BCUT2D eigenvalue weighted by molar-refractivity contribution is -0.199. The standard InChI is InChI=1S/C34H52N4O7S/c1-9-21(4)23(14-27(40)25-12-10-11-13-37(25)6)31(42)38(7)26(20(2)3)15-28(45-22(5)39)30-35-24(16-46-30)29(41)36-34-17-33(18-34,19-34)32(43)44-8/h16,20-21,23,25-26,28H,9-15,17-19H2,1-8H3,(H,36,41)/t21-,23+,25-,26-,28-,33?,34?/m1/s1. The Balaban J connectivity index is 1.46. The Bertz CT molecular complexity index is 1290. The van der Waals surface area contributed by atoms with E-state index in [4.69, 9.17) is 9.47 Å². The number of nitrogens with one attached hydrogen (secondary N) is 1. The number of carbonyl (C=O) groups excluding carboxylic acids is 5. The van der Waals surface area contributed by atoms with Crippen LogP contribution in [0.3, 0.4) is 0 Å². The lowest BCUT2D eigenvalue weighted by Gasteiger charge is -2.68. The number of esters is 2. The first-order chi connectivity index (χ1) is 21.7. The van der Waals surface area contributed by atoms with E-state index in [2.05, 4.69) is 15.2 Å². The number of methoxy groups -OCH3 is 1. The SMILES string of the molecule is CC[C@@H](C)[C@H](CC(=O)[C@H]1CCCCN1C)C(=O)N(C)[C@H](C[C@@H](OC(C)=O)c1nc(C(=O)NC23CC(C(=O)OC)(C2)C3)cs1)C(C)C. The Morgan fingerprint density at radius 1 is 1.15 bits per heavy atom. The highest BCUT2D eigenvalue weighted by atomic mass is 32.1. The maximum atomic E-state index is 14.1. The molecule has 3 saturated carbocycles. The number of rotatable bonds is 15. The molecule has 0 unspecified atom stereocenters. The minimum Gasteiger partial charge on any atom is -0.469 e. The van der Waals surface area contributed by atoms with E-state index in [-0.39, 0.29) is 59.6 Å². The van der Waals surface area contributed by atoms with Crippen LogP contribution in [0.1, 0.15) is 114 Å². The van der Waals surface area contributed by atoms with Crippen molar-refractivity contribution in [1.29, 1.82) is 0 Å². The van der Waals surface area contributed by atoms with Gasteiger partial charge in [-0.1, -0.05) is 40.5 Å². The molecule has 0 aromatic carbocycles. The summed E-state index contributed by atoms with van der Waals surface area (Å²) in [5.74, 6) is -1.41. The van der Waals surface area contributed by atoms with Gasteiger partial charge in [-0.2, -0.15) is 0 Å². The van der Waals surface area contributed by atoms with E-state index in [0.29, 0.717) is 30.7 Å². The van der Waals surface area contributed by atoms with Gasteiger partial charge in [-0.3, -0.25) is 28.9 Å². The number of likely N-dealkylation sites (N-methyl/N-ethyl adjacent to an activating group) is 1. The third kappa shape index (κ3) is 7.48. The third-order valence-electron chi connectivity index (χ3n) is 10.6. The van der Waals surface area contributed by atoms with Crippen molar-refractivity contribution in [2.45, 2.75) is 116 Å². The first-order valence-electron chi connectivity index (χ1n) is 16.7. The summed E-state index contributed by atoms with van der Waals surface area (Å²) in [5, 5.41) is 5.16. The van der Waals surface area contributed by atoms with Gasteiger partial charge >= 0.3 is 11.9 Å². The normalized spacial score (nSPS) is 26.5. The second-order valence-corrected chi connectivity index (χ2v) is 15.2. The topological polar surface area (TPSA) is 135 Å². The number of ketones is 1. The molecule has 256 valence electrons. The van der Waals surface area contributed by atoms with Gasteiger partial charge in [-0.25, -0.2) is 4.98 Å². The highest BCUT2D eigenvalue weighted by Gasteiger charge is 2.73. The number of hydrogen-bond acceptors (Lipinski definition) is 10. The number of aromatic nitrogens is 1. The maximum absolute atomic E-state index is 14.1. The largest absolute Gasteiger partial charge is 0.469 e. The fourth-order valence-electron chi connectivity index (χ4n) is 7.77. The summed E-state index contributed by atoms with van der Waals surface area (Å²) in [6.45, 7) is 10.3. The van der Waals surface area contributed by atoms with E-state index >= 15 is 0 Å². The molecule has 3 aliphatic carbocycles. The minimum absolute atomic E-state index is 0.0129. The molecule has 4 fully saturated rings. The molecule has 0 radical (unpaired) electrons. The van der Waals surface area contributed by atoms with Gasteiger partial charge in [0.05, 0.1) is 18.6 Å². The first-order valence-corrected chi connectivity index (χ1v) is 17.6. The van der Waals surface area contributed by atoms with E-state index in [9.17, 15) is 24.0 Å². The maximum Gasteiger partial charge on any atom is 0.312 e. The van der Waals surface area contributed by atoms with E-state index in [1.165, 1.54) is 25.4 Å². The van der Waals surface area contributed by atoms with Crippen LogP contribution in [-0.4, -0.2) is 89.7 Å². The van der Waals surface area contributed by atoms with Crippen molar-refractivity contribution in [3.63, 3.8) is 0 Å². The Morgan fingerprint density at radius 2 is 1.83 bits per heavy atom. The van der Waals surface area contributed by atoms with Crippen molar-refractivity contribution < 1.29 is 33.4 Å². The van der Waals surface area contributed by atoms with Crippen LogP contribution in [-0.2, 0) is 28.7 Å².